The van der Waals surface area contributed by atoms with Gasteiger partial charge >= 0.3 is 6.09 Å². The largest absolute Gasteiger partial charge is 0.444 e. The molecule has 1 aromatic heterocycles. The van der Waals surface area contributed by atoms with Crippen LogP contribution in [0.25, 0.3) is 0 Å². The number of aromatic nitrogens is 1. The van der Waals surface area contributed by atoms with E-state index in [1.165, 1.54) is 0 Å². The van der Waals surface area contributed by atoms with Crippen LogP contribution in [0.5, 0.6) is 0 Å². The van der Waals surface area contributed by atoms with E-state index in [-0.39, 0.29) is 21.8 Å². The number of nitrogens with one attached hydrogen (secondary N) is 4. The molecule has 2 heterocycles. The third-order valence-electron chi connectivity index (χ3n) is 5.40. The Bertz CT molecular complexity index is 1130. The monoisotopic (exact) mass is 524 g/mol. The number of nitrogens with two attached hydrogens (primary N) is 1. The van der Waals surface area contributed by atoms with E-state index in [0.29, 0.717) is 35.7 Å². The fraction of sp³-hybridized carbons (Fsp3) is 0.435. The third kappa shape index (κ3) is 6.59. The first-order valence-corrected chi connectivity index (χ1v) is 11.9. The number of halogens is 2. The first kappa shape index (κ1) is 26.7. The number of amides is 3. The van der Waals surface area contributed by atoms with Crippen LogP contribution in [0.3, 0.4) is 0 Å². The van der Waals surface area contributed by atoms with E-state index < -0.39 is 23.5 Å². The van der Waals surface area contributed by atoms with Crippen molar-refractivity contribution in [2.45, 2.75) is 52.2 Å². The van der Waals surface area contributed by atoms with Gasteiger partial charge in [0.25, 0.3) is 11.8 Å². The lowest BCUT2D eigenvalue weighted by Crippen LogP contribution is -2.49. The number of nitrogen functional groups attached to an aromatic ring is 1. The molecule has 35 heavy (non-hydrogen) atoms. The second kappa shape index (κ2) is 10.8. The average molecular weight is 525 g/mol. The minimum absolute atomic E-state index is 0.127. The summed E-state index contributed by atoms with van der Waals surface area (Å²) >= 11 is 12.3. The normalized spacial score (nSPS) is 16.0. The lowest BCUT2D eigenvalue weighted by molar-refractivity contribution is 0.0499. The molecule has 190 valence electrons. The van der Waals surface area contributed by atoms with Gasteiger partial charge in [0.05, 0.1) is 21.4 Å². The van der Waals surface area contributed by atoms with E-state index in [9.17, 15) is 14.4 Å². The Morgan fingerprint density at radius 2 is 1.89 bits per heavy atom. The van der Waals surface area contributed by atoms with E-state index in [2.05, 4.69) is 21.0 Å². The van der Waals surface area contributed by atoms with Crippen molar-refractivity contribution in [2.24, 2.45) is 5.84 Å². The van der Waals surface area contributed by atoms with Gasteiger partial charge in [0.2, 0.25) is 0 Å². The molecule has 3 amide bonds. The molecular formula is C23H30Cl2N6O4. The van der Waals surface area contributed by atoms with E-state index in [1.807, 2.05) is 4.90 Å². The van der Waals surface area contributed by atoms with E-state index in [1.54, 1.807) is 45.9 Å². The molecule has 0 saturated carbocycles. The van der Waals surface area contributed by atoms with Crippen LogP contribution in [-0.2, 0) is 4.74 Å². The maximum absolute atomic E-state index is 13.0. The number of rotatable bonds is 5. The summed E-state index contributed by atoms with van der Waals surface area (Å²) in [6.45, 7) is 8.21. The highest BCUT2D eigenvalue weighted by atomic mass is 35.5. The van der Waals surface area contributed by atoms with Crippen molar-refractivity contribution in [2.75, 3.05) is 23.3 Å². The van der Waals surface area contributed by atoms with Crippen LogP contribution in [0.15, 0.2) is 18.2 Å². The number of piperidine rings is 1. The standard InChI is InChI=1S/C23H30Cl2N6O4/c1-12-17(24)18(25)19(27-12)21(33)29-15-8-7-13(20(32)30-26)10-16(15)31-9-5-6-14(11-31)28-22(34)35-23(2,3)4/h7-8,10,14,27H,5-6,9,11,26H2,1-4H3,(H,28,34)(H,29,33)(H,30,32)/t14-/m0/s1. The number of aryl methyl sites for hydroxylation is 1. The van der Waals surface area contributed by atoms with Crippen molar-refractivity contribution in [1.29, 1.82) is 0 Å². The number of H-pyrrole nitrogens is 1. The number of benzene rings is 1. The molecule has 1 saturated heterocycles. The number of alkyl carbamates (subject to hydrolysis) is 1. The summed E-state index contributed by atoms with van der Waals surface area (Å²) in [7, 11) is 0. The summed E-state index contributed by atoms with van der Waals surface area (Å²) in [4.78, 5) is 42.3. The molecule has 0 unspecified atom stereocenters. The third-order valence-corrected chi connectivity index (χ3v) is 6.35. The summed E-state index contributed by atoms with van der Waals surface area (Å²) in [5.41, 5.74) is 3.58. The molecule has 0 aliphatic carbocycles. The molecule has 0 radical (unpaired) electrons. The molecule has 12 heteroatoms. The fourth-order valence-electron chi connectivity index (χ4n) is 3.82. The molecule has 2 aromatic rings. The highest BCUT2D eigenvalue weighted by molar-refractivity contribution is 6.44. The summed E-state index contributed by atoms with van der Waals surface area (Å²) in [6, 6.07) is 4.63. The minimum Gasteiger partial charge on any atom is -0.444 e. The van der Waals surface area contributed by atoms with E-state index in [0.717, 1.165) is 12.8 Å². The zero-order valence-corrected chi connectivity index (χ0v) is 21.6. The molecule has 1 aromatic carbocycles. The Morgan fingerprint density at radius 1 is 1.17 bits per heavy atom. The van der Waals surface area contributed by atoms with E-state index in [4.69, 9.17) is 33.8 Å². The maximum atomic E-state index is 13.0. The topological polar surface area (TPSA) is 142 Å². The van der Waals surface area contributed by atoms with Gasteiger partial charge in [-0.2, -0.15) is 0 Å². The van der Waals surface area contributed by atoms with Gasteiger partial charge in [0.1, 0.15) is 11.3 Å². The molecule has 1 aliphatic heterocycles. The predicted octanol–water partition coefficient (Wildman–Crippen LogP) is 3.98. The highest BCUT2D eigenvalue weighted by Crippen LogP contribution is 2.33. The lowest BCUT2D eigenvalue weighted by Gasteiger charge is -2.36. The zero-order valence-electron chi connectivity index (χ0n) is 20.1. The van der Waals surface area contributed by atoms with Crippen LogP contribution < -0.4 is 26.8 Å². The van der Waals surface area contributed by atoms with Crippen LogP contribution in [0, 0.1) is 6.92 Å². The van der Waals surface area contributed by atoms with Gasteiger partial charge in [-0.25, -0.2) is 10.6 Å². The second-order valence-corrected chi connectivity index (χ2v) is 10.1. The number of aromatic amines is 1. The van der Waals surface area contributed by atoms with Crippen LogP contribution >= 0.6 is 23.2 Å². The molecule has 0 bridgehead atoms. The molecule has 0 spiro atoms. The molecule has 1 fully saturated rings. The molecule has 6 N–H and O–H groups in total. The Labute approximate surface area is 213 Å². The predicted molar refractivity (Wildman–Crippen MR) is 136 cm³/mol. The molecule has 10 nitrogen and oxygen atoms in total. The van der Waals surface area contributed by atoms with Gasteiger partial charge in [-0.3, -0.25) is 15.0 Å². The van der Waals surface area contributed by atoms with Crippen LogP contribution in [0.4, 0.5) is 16.2 Å². The van der Waals surface area contributed by atoms with Crippen molar-refractivity contribution in [1.82, 2.24) is 15.7 Å². The first-order valence-electron chi connectivity index (χ1n) is 11.1. The number of ether oxygens (including phenoxy) is 1. The number of nitrogens with zero attached hydrogens (tertiary/aromatic N) is 1. The van der Waals surface area contributed by atoms with Crippen molar-refractivity contribution in [3.63, 3.8) is 0 Å². The molecule has 1 atom stereocenters. The highest BCUT2D eigenvalue weighted by Gasteiger charge is 2.27. The van der Waals surface area contributed by atoms with Crippen molar-refractivity contribution < 1.29 is 19.1 Å². The Morgan fingerprint density at radius 3 is 2.49 bits per heavy atom. The number of hydrogen-bond acceptors (Lipinski definition) is 6. The second-order valence-electron chi connectivity index (χ2n) is 9.34. The SMILES string of the molecule is Cc1[nH]c(C(=O)Nc2ccc(C(=O)NN)cc2N2CCC[C@H](NC(=O)OC(C)(C)C)C2)c(Cl)c1Cl. The van der Waals surface area contributed by atoms with Gasteiger partial charge in [-0.05, 0) is 58.7 Å². The Hall–Kier alpha value is -2.95. The number of anilines is 2. The molecule has 3 rings (SSSR count). The fourth-order valence-corrected chi connectivity index (χ4v) is 4.24. The summed E-state index contributed by atoms with van der Waals surface area (Å²) in [5, 5.41) is 6.15. The van der Waals surface area contributed by atoms with Gasteiger partial charge in [0, 0.05) is 30.4 Å². The number of hydrazine groups is 1. The summed E-state index contributed by atoms with van der Waals surface area (Å²) < 4.78 is 5.38. The number of carbonyl (C=O) groups is 3. The zero-order chi connectivity index (χ0) is 25.9. The van der Waals surface area contributed by atoms with Crippen LogP contribution in [0.1, 0.15) is 60.2 Å². The smallest absolute Gasteiger partial charge is 0.407 e. The van der Waals surface area contributed by atoms with Crippen LogP contribution in [0.2, 0.25) is 10.0 Å². The Balaban J connectivity index is 1.87. The van der Waals surface area contributed by atoms with Gasteiger partial charge in [-0.1, -0.05) is 23.2 Å². The molecular weight excluding hydrogens is 495 g/mol. The summed E-state index contributed by atoms with van der Waals surface area (Å²) in [5.74, 6) is 4.36. The van der Waals surface area contributed by atoms with Crippen molar-refractivity contribution in [3.8, 4) is 0 Å². The van der Waals surface area contributed by atoms with E-state index >= 15 is 0 Å². The lowest BCUT2D eigenvalue weighted by atomic mass is 10.0. The summed E-state index contributed by atoms with van der Waals surface area (Å²) in [6.07, 6.45) is 1.04. The minimum atomic E-state index is -0.611. The quantitative estimate of drug-likeness (QED) is 0.227. The number of carbonyl (C=O) groups excluding carboxylic acids is 3. The van der Waals surface area contributed by atoms with Gasteiger partial charge < -0.3 is 25.3 Å². The van der Waals surface area contributed by atoms with Gasteiger partial charge in [0.15, 0.2) is 0 Å². The van der Waals surface area contributed by atoms with Crippen LogP contribution in [-0.4, -0.2) is 47.6 Å². The van der Waals surface area contributed by atoms with Crippen molar-refractivity contribution in [3.05, 3.63) is 45.2 Å². The average Bonchev–Trinajstić information content (AvgIpc) is 3.05. The number of hydrogen-bond donors (Lipinski definition) is 5. The first-order chi connectivity index (χ1) is 16.4. The Kier molecular flexibility index (Phi) is 8.19. The maximum Gasteiger partial charge on any atom is 0.407 e. The molecule has 1 aliphatic rings. The van der Waals surface area contributed by atoms with Gasteiger partial charge in [-0.15, -0.1) is 0 Å². The van der Waals surface area contributed by atoms with Crippen molar-refractivity contribution >= 4 is 52.5 Å².